The molecule has 2 heterocycles. The molecule has 3 rings (SSSR count). The van der Waals surface area contributed by atoms with Crippen LogP contribution in [0.25, 0.3) is 0 Å². The lowest BCUT2D eigenvalue weighted by Gasteiger charge is -2.34. The molecule has 1 aliphatic heterocycles. The van der Waals surface area contributed by atoms with Crippen LogP contribution in [0, 0.1) is 6.92 Å². The second kappa shape index (κ2) is 7.25. The van der Waals surface area contributed by atoms with Gasteiger partial charge in [-0.1, -0.05) is 17.3 Å². The quantitative estimate of drug-likeness (QED) is 0.831. The highest BCUT2D eigenvalue weighted by Crippen LogP contribution is 2.25. The van der Waals surface area contributed by atoms with Gasteiger partial charge in [0.05, 0.1) is 7.11 Å². The summed E-state index contributed by atoms with van der Waals surface area (Å²) < 4.78 is 15.9. The normalized spacial score (nSPS) is 14.6. The van der Waals surface area contributed by atoms with Crippen molar-refractivity contribution in [3.8, 4) is 11.5 Å². The predicted molar refractivity (Wildman–Crippen MR) is 88.5 cm³/mol. The van der Waals surface area contributed by atoms with E-state index >= 15 is 0 Å². The molecule has 24 heavy (non-hydrogen) atoms. The van der Waals surface area contributed by atoms with Crippen molar-refractivity contribution >= 4 is 11.7 Å². The standard InChI is InChI=1S/C17H21N3O4/c1-13-11-16(18-24-13)19-7-9-20(10-8-19)17(21)12-23-15-6-4-3-5-14(15)22-2/h3-6,11H,7-10,12H2,1-2H3. The lowest BCUT2D eigenvalue weighted by Crippen LogP contribution is -2.50. The van der Waals surface area contributed by atoms with Crippen molar-refractivity contribution in [2.75, 3.05) is 44.8 Å². The first-order chi connectivity index (χ1) is 11.7. The van der Waals surface area contributed by atoms with Crippen molar-refractivity contribution in [1.29, 1.82) is 0 Å². The van der Waals surface area contributed by atoms with Gasteiger partial charge in [0.25, 0.3) is 5.91 Å². The number of aromatic nitrogens is 1. The van der Waals surface area contributed by atoms with Gasteiger partial charge in [0.2, 0.25) is 0 Å². The Hall–Kier alpha value is -2.70. The van der Waals surface area contributed by atoms with Crippen LogP contribution in [0.3, 0.4) is 0 Å². The monoisotopic (exact) mass is 331 g/mol. The fourth-order valence-corrected chi connectivity index (χ4v) is 2.66. The highest BCUT2D eigenvalue weighted by molar-refractivity contribution is 5.78. The fourth-order valence-electron chi connectivity index (χ4n) is 2.66. The van der Waals surface area contributed by atoms with Gasteiger partial charge in [-0.05, 0) is 19.1 Å². The average molecular weight is 331 g/mol. The summed E-state index contributed by atoms with van der Waals surface area (Å²) in [5.41, 5.74) is 0. The topological polar surface area (TPSA) is 68.0 Å². The summed E-state index contributed by atoms with van der Waals surface area (Å²) >= 11 is 0. The molecule has 128 valence electrons. The van der Waals surface area contributed by atoms with E-state index in [4.69, 9.17) is 14.0 Å². The van der Waals surface area contributed by atoms with Gasteiger partial charge in [0.15, 0.2) is 23.9 Å². The molecule has 0 saturated carbocycles. The highest BCUT2D eigenvalue weighted by Gasteiger charge is 2.23. The Labute approximate surface area is 140 Å². The summed E-state index contributed by atoms with van der Waals surface area (Å²) in [6, 6.07) is 9.21. The van der Waals surface area contributed by atoms with E-state index in [1.54, 1.807) is 24.1 Å². The molecule has 1 aromatic carbocycles. The van der Waals surface area contributed by atoms with E-state index in [2.05, 4.69) is 10.1 Å². The largest absolute Gasteiger partial charge is 0.493 e. The Balaban J connectivity index is 1.50. The smallest absolute Gasteiger partial charge is 0.260 e. The first kappa shape index (κ1) is 16.2. The third-order valence-electron chi connectivity index (χ3n) is 3.99. The number of carbonyl (C=O) groups excluding carboxylic acids is 1. The summed E-state index contributed by atoms with van der Waals surface area (Å²) in [4.78, 5) is 16.2. The number of para-hydroxylation sites is 2. The molecule has 2 aromatic rings. The number of amides is 1. The van der Waals surface area contributed by atoms with Crippen molar-refractivity contribution in [2.45, 2.75) is 6.92 Å². The number of ether oxygens (including phenoxy) is 2. The molecule has 7 nitrogen and oxygen atoms in total. The second-order valence-electron chi connectivity index (χ2n) is 5.60. The number of piperazine rings is 1. The van der Waals surface area contributed by atoms with Crippen LogP contribution >= 0.6 is 0 Å². The van der Waals surface area contributed by atoms with Crippen LogP contribution in [0.5, 0.6) is 11.5 Å². The minimum absolute atomic E-state index is 0.00341. The maximum Gasteiger partial charge on any atom is 0.260 e. The number of aryl methyl sites for hydroxylation is 1. The second-order valence-corrected chi connectivity index (χ2v) is 5.60. The van der Waals surface area contributed by atoms with Crippen molar-refractivity contribution < 1.29 is 18.8 Å². The molecule has 1 fully saturated rings. The Bertz CT molecular complexity index is 693. The van der Waals surface area contributed by atoms with Gasteiger partial charge in [-0.3, -0.25) is 4.79 Å². The van der Waals surface area contributed by atoms with Gasteiger partial charge < -0.3 is 23.8 Å². The zero-order chi connectivity index (χ0) is 16.9. The van der Waals surface area contributed by atoms with Crippen LogP contribution in [0.4, 0.5) is 5.82 Å². The maximum absolute atomic E-state index is 12.3. The number of methoxy groups -OCH3 is 1. The predicted octanol–water partition coefficient (Wildman–Crippen LogP) is 1.72. The molecule has 1 aromatic heterocycles. The van der Waals surface area contributed by atoms with Crippen molar-refractivity contribution in [3.05, 3.63) is 36.1 Å². The molecule has 1 saturated heterocycles. The van der Waals surface area contributed by atoms with Crippen LogP contribution in [0.15, 0.2) is 34.9 Å². The van der Waals surface area contributed by atoms with E-state index in [9.17, 15) is 4.79 Å². The van der Waals surface area contributed by atoms with E-state index in [0.717, 1.165) is 24.7 Å². The minimum Gasteiger partial charge on any atom is -0.493 e. The molecular formula is C17H21N3O4. The van der Waals surface area contributed by atoms with Gasteiger partial charge in [0.1, 0.15) is 5.76 Å². The first-order valence-electron chi connectivity index (χ1n) is 7.89. The van der Waals surface area contributed by atoms with Gasteiger partial charge >= 0.3 is 0 Å². The Morgan fingerprint density at radius 3 is 2.54 bits per heavy atom. The van der Waals surface area contributed by atoms with Crippen molar-refractivity contribution in [3.63, 3.8) is 0 Å². The third kappa shape index (κ3) is 3.61. The minimum atomic E-state index is -0.0307. The first-order valence-corrected chi connectivity index (χ1v) is 7.89. The van der Waals surface area contributed by atoms with E-state index in [-0.39, 0.29) is 12.5 Å². The Kier molecular flexibility index (Phi) is 4.88. The molecule has 0 unspecified atom stereocenters. The summed E-state index contributed by atoms with van der Waals surface area (Å²) in [6.45, 7) is 4.60. The van der Waals surface area contributed by atoms with Crippen LogP contribution in [0.1, 0.15) is 5.76 Å². The molecule has 7 heteroatoms. The van der Waals surface area contributed by atoms with E-state index in [1.165, 1.54) is 0 Å². The summed E-state index contributed by atoms with van der Waals surface area (Å²) in [7, 11) is 1.58. The van der Waals surface area contributed by atoms with Crippen LogP contribution in [-0.2, 0) is 4.79 Å². The molecule has 0 spiro atoms. The van der Waals surface area contributed by atoms with E-state index in [0.29, 0.717) is 24.6 Å². The average Bonchev–Trinajstić information content (AvgIpc) is 3.06. The number of rotatable bonds is 5. The number of benzene rings is 1. The molecule has 0 atom stereocenters. The fraction of sp³-hybridized carbons (Fsp3) is 0.412. The summed E-state index contributed by atoms with van der Waals surface area (Å²) in [6.07, 6.45) is 0. The van der Waals surface area contributed by atoms with Crippen LogP contribution in [-0.4, -0.2) is 55.9 Å². The van der Waals surface area contributed by atoms with E-state index in [1.807, 2.05) is 25.1 Å². The van der Waals surface area contributed by atoms with Gasteiger partial charge in [0, 0.05) is 32.2 Å². The summed E-state index contributed by atoms with van der Waals surface area (Å²) in [5, 5.41) is 4.01. The van der Waals surface area contributed by atoms with Crippen molar-refractivity contribution in [2.24, 2.45) is 0 Å². The maximum atomic E-state index is 12.3. The highest BCUT2D eigenvalue weighted by atomic mass is 16.5. The lowest BCUT2D eigenvalue weighted by atomic mass is 10.3. The Morgan fingerprint density at radius 2 is 1.92 bits per heavy atom. The number of nitrogens with zero attached hydrogens (tertiary/aromatic N) is 3. The van der Waals surface area contributed by atoms with Gasteiger partial charge in [-0.2, -0.15) is 0 Å². The zero-order valence-electron chi connectivity index (χ0n) is 13.9. The zero-order valence-corrected chi connectivity index (χ0v) is 13.9. The number of hydrogen-bond donors (Lipinski definition) is 0. The molecule has 0 aliphatic carbocycles. The van der Waals surface area contributed by atoms with Crippen LogP contribution < -0.4 is 14.4 Å². The molecule has 0 radical (unpaired) electrons. The number of hydrogen-bond acceptors (Lipinski definition) is 6. The number of anilines is 1. The number of carbonyl (C=O) groups is 1. The molecule has 0 N–H and O–H groups in total. The lowest BCUT2D eigenvalue weighted by molar-refractivity contribution is -0.133. The van der Waals surface area contributed by atoms with Crippen LogP contribution in [0.2, 0.25) is 0 Å². The third-order valence-corrected chi connectivity index (χ3v) is 3.99. The molecule has 1 aliphatic rings. The van der Waals surface area contributed by atoms with E-state index < -0.39 is 0 Å². The van der Waals surface area contributed by atoms with Crippen molar-refractivity contribution in [1.82, 2.24) is 10.1 Å². The summed E-state index contributed by atoms with van der Waals surface area (Å²) in [5.74, 6) is 2.78. The molecular weight excluding hydrogens is 310 g/mol. The molecule has 1 amide bonds. The Morgan fingerprint density at radius 1 is 1.21 bits per heavy atom. The van der Waals surface area contributed by atoms with Gasteiger partial charge in [-0.15, -0.1) is 0 Å². The SMILES string of the molecule is COc1ccccc1OCC(=O)N1CCN(c2cc(C)on2)CC1. The molecule has 0 bridgehead atoms. The van der Waals surface area contributed by atoms with Gasteiger partial charge in [-0.25, -0.2) is 0 Å².